The molecule has 1 N–H and O–H groups in total. The molecular weight excluding hydrogens is 318 g/mol. The molecule has 1 aliphatic carbocycles. The summed E-state index contributed by atoms with van der Waals surface area (Å²) in [7, 11) is 0. The molecule has 0 aliphatic heterocycles. The predicted octanol–water partition coefficient (Wildman–Crippen LogP) is 2.97. The molecule has 0 saturated heterocycles. The Morgan fingerprint density at radius 2 is 2.20 bits per heavy atom. The Kier molecular flexibility index (Phi) is 3.61. The molecule has 20 heavy (non-hydrogen) atoms. The number of amides is 1. The van der Waals surface area contributed by atoms with Crippen LogP contribution in [0.4, 0.5) is 0 Å². The molecule has 1 amide bonds. The molecule has 1 aromatic heterocycles. The van der Waals surface area contributed by atoms with Crippen LogP contribution in [0.1, 0.15) is 18.7 Å². The minimum atomic E-state index is 0.140. The second kappa shape index (κ2) is 5.40. The first kappa shape index (κ1) is 13.4. The molecule has 1 aromatic carbocycles. The van der Waals surface area contributed by atoms with Crippen LogP contribution in [-0.4, -0.2) is 15.5 Å². The van der Waals surface area contributed by atoms with Crippen LogP contribution in [0, 0.1) is 5.92 Å². The van der Waals surface area contributed by atoms with Gasteiger partial charge in [0, 0.05) is 10.4 Å². The zero-order chi connectivity index (χ0) is 14.1. The summed E-state index contributed by atoms with van der Waals surface area (Å²) in [6.45, 7) is 5.00. The molecule has 0 radical (unpaired) electrons. The second-order valence-electron chi connectivity index (χ2n) is 5.11. The molecule has 1 saturated carbocycles. The van der Waals surface area contributed by atoms with Crippen molar-refractivity contribution in [3.63, 3.8) is 0 Å². The third-order valence-corrected chi connectivity index (χ3v) is 3.68. The van der Waals surface area contributed by atoms with Gasteiger partial charge in [-0.3, -0.25) is 4.79 Å². The van der Waals surface area contributed by atoms with Crippen LogP contribution in [0.3, 0.4) is 0 Å². The van der Waals surface area contributed by atoms with E-state index in [0.717, 1.165) is 34.2 Å². The number of allylic oxidation sites excluding steroid dienone is 1. The number of para-hydroxylation sites is 2. The lowest BCUT2D eigenvalue weighted by Gasteiger charge is -2.09. The zero-order valence-electron chi connectivity index (χ0n) is 11.1. The molecule has 0 bridgehead atoms. The Morgan fingerprint density at radius 1 is 1.45 bits per heavy atom. The molecule has 0 unspecified atom stereocenters. The zero-order valence-corrected chi connectivity index (χ0v) is 12.7. The number of carbonyl (C=O) groups is 1. The lowest BCUT2D eigenvalue weighted by molar-refractivity contribution is -0.122. The number of benzene rings is 1. The van der Waals surface area contributed by atoms with Crippen molar-refractivity contribution in [2.45, 2.75) is 25.9 Å². The molecule has 3 rings (SSSR count). The van der Waals surface area contributed by atoms with E-state index < -0.39 is 0 Å². The molecule has 2 aromatic rings. The highest BCUT2D eigenvalue weighted by atomic mass is 79.9. The predicted molar refractivity (Wildman–Crippen MR) is 82.4 cm³/mol. The summed E-state index contributed by atoms with van der Waals surface area (Å²) in [4.78, 5) is 16.4. The molecule has 1 aliphatic rings. The topological polar surface area (TPSA) is 46.9 Å². The summed E-state index contributed by atoms with van der Waals surface area (Å²) < 4.78 is 2.97. The molecule has 4 nitrogen and oxygen atoms in total. The van der Waals surface area contributed by atoms with Gasteiger partial charge in [-0.2, -0.15) is 0 Å². The number of fused-ring (bicyclic) bond motifs is 1. The largest absolute Gasteiger partial charge is 0.349 e. The lowest BCUT2D eigenvalue weighted by Crippen LogP contribution is -2.26. The Labute approximate surface area is 126 Å². The molecule has 0 spiro atoms. The summed E-state index contributed by atoms with van der Waals surface area (Å²) in [5, 5.41) is 2.97. The van der Waals surface area contributed by atoms with E-state index in [4.69, 9.17) is 0 Å². The number of carbonyl (C=O) groups excluding carboxylic acids is 1. The van der Waals surface area contributed by atoms with Crippen LogP contribution in [-0.2, 0) is 17.9 Å². The highest BCUT2D eigenvalue weighted by Crippen LogP contribution is 2.29. The summed E-state index contributed by atoms with van der Waals surface area (Å²) in [6, 6.07) is 7.97. The number of hydrogen-bond acceptors (Lipinski definition) is 2. The smallest absolute Gasteiger partial charge is 0.223 e. The first-order valence-electron chi connectivity index (χ1n) is 6.70. The van der Waals surface area contributed by atoms with E-state index in [0.29, 0.717) is 13.1 Å². The minimum absolute atomic E-state index is 0.140. The average Bonchev–Trinajstić information content (AvgIpc) is 3.21. The van der Waals surface area contributed by atoms with Crippen LogP contribution in [0.15, 0.2) is 35.3 Å². The number of nitrogens with zero attached hydrogens (tertiary/aromatic N) is 2. The van der Waals surface area contributed by atoms with Gasteiger partial charge in [-0.05, 0) is 25.0 Å². The van der Waals surface area contributed by atoms with E-state index in [1.807, 2.05) is 24.3 Å². The van der Waals surface area contributed by atoms with Crippen molar-refractivity contribution in [1.82, 2.24) is 14.9 Å². The minimum Gasteiger partial charge on any atom is -0.349 e. The number of halogens is 1. The van der Waals surface area contributed by atoms with E-state index in [2.05, 4.69) is 37.4 Å². The molecule has 5 heteroatoms. The maximum atomic E-state index is 11.8. The average molecular weight is 334 g/mol. The van der Waals surface area contributed by atoms with Gasteiger partial charge in [0.15, 0.2) is 0 Å². The van der Waals surface area contributed by atoms with Gasteiger partial charge in [0.1, 0.15) is 5.82 Å². The Morgan fingerprint density at radius 3 is 2.90 bits per heavy atom. The van der Waals surface area contributed by atoms with Crippen LogP contribution in [0.25, 0.3) is 11.0 Å². The van der Waals surface area contributed by atoms with Crippen molar-refractivity contribution in [3.8, 4) is 0 Å². The second-order valence-corrected chi connectivity index (χ2v) is 6.23. The highest BCUT2D eigenvalue weighted by molar-refractivity contribution is 9.11. The van der Waals surface area contributed by atoms with Gasteiger partial charge in [-0.25, -0.2) is 4.98 Å². The lowest BCUT2D eigenvalue weighted by atomic mass is 10.3. The summed E-state index contributed by atoms with van der Waals surface area (Å²) in [5.74, 6) is 1.22. The first-order chi connectivity index (χ1) is 9.65. The number of aromatic nitrogens is 2. The fourth-order valence-electron chi connectivity index (χ4n) is 2.26. The normalized spacial score (nSPS) is 14.4. The monoisotopic (exact) mass is 333 g/mol. The van der Waals surface area contributed by atoms with Crippen molar-refractivity contribution in [2.75, 3.05) is 0 Å². The molecule has 1 fully saturated rings. The Bertz CT molecular complexity index is 673. The van der Waals surface area contributed by atoms with Gasteiger partial charge in [0.2, 0.25) is 5.91 Å². The van der Waals surface area contributed by atoms with Crippen LogP contribution in [0.2, 0.25) is 0 Å². The maximum Gasteiger partial charge on any atom is 0.223 e. The summed E-state index contributed by atoms with van der Waals surface area (Å²) in [6.07, 6.45) is 2.03. The fraction of sp³-hybridized carbons (Fsp3) is 0.333. The van der Waals surface area contributed by atoms with Crippen molar-refractivity contribution in [2.24, 2.45) is 5.92 Å². The first-order valence-corrected chi connectivity index (χ1v) is 7.49. The van der Waals surface area contributed by atoms with E-state index in [1.54, 1.807) is 0 Å². The quantitative estimate of drug-likeness (QED) is 0.914. The van der Waals surface area contributed by atoms with Crippen LogP contribution >= 0.6 is 15.9 Å². The third kappa shape index (κ3) is 2.77. The number of rotatable bonds is 5. The molecular formula is C15H16BrN3O. The van der Waals surface area contributed by atoms with E-state index >= 15 is 0 Å². The van der Waals surface area contributed by atoms with Gasteiger partial charge in [-0.1, -0.05) is 34.6 Å². The van der Waals surface area contributed by atoms with Gasteiger partial charge < -0.3 is 9.88 Å². The standard InChI is InChI=1S/C15H16BrN3O/c1-10(16)9-19-13-5-3-2-4-12(13)18-14(19)8-17-15(20)11-6-7-11/h2-5,11H,1,6-9H2,(H,17,20). The summed E-state index contributed by atoms with van der Waals surface area (Å²) in [5.41, 5.74) is 2.00. The SMILES string of the molecule is C=C(Br)Cn1c(CNC(=O)C2CC2)nc2ccccc21. The number of hydrogen-bond donors (Lipinski definition) is 1. The van der Waals surface area contributed by atoms with Gasteiger partial charge in [-0.15, -0.1) is 0 Å². The fourth-order valence-corrected chi connectivity index (χ4v) is 2.52. The van der Waals surface area contributed by atoms with E-state index in [1.165, 1.54) is 0 Å². The van der Waals surface area contributed by atoms with Crippen LogP contribution < -0.4 is 5.32 Å². The van der Waals surface area contributed by atoms with E-state index in [9.17, 15) is 4.79 Å². The van der Waals surface area contributed by atoms with Crippen molar-refractivity contribution in [3.05, 3.63) is 41.2 Å². The molecule has 1 heterocycles. The van der Waals surface area contributed by atoms with E-state index in [-0.39, 0.29) is 11.8 Å². The number of nitrogens with one attached hydrogen (secondary N) is 1. The summed E-state index contributed by atoms with van der Waals surface area (Å²) >= 11 is 3.40. The Hall–Kier alpha value is -1.62. The number of imidazole rings is 1. The van der Waals surface area contributed by atoms with Crippen molar-refractivity contribution < 1.29 is 4.79 Å². The Balaban J connectivity index is 1.87. The van der Waals surface area contributed by atoms with Gasteiger partial charge in [0.25, 0.3) is 0 Å². The van der Waals surface area contributed by atoms with Crippen molar-refractivity contribution >= 4 is 32.9 Å². The van der Waals surface area contributed by atoms with Gasteiger partial charge >= 0.3 is 0 Å². The van der Waals surface area contributed by atoms with Gasteiger partial charge in [0.05, 0.1) is 24.1 Å². The maximum absolute atomic E-state index is 11.8. The molecule has 104 valence electrons. The third-order valence-electron chi connectivity index (χ3n) is 3.43. The molecule has 0 atom stereocenters. The van der Waals surface area contributed by atoms with Crippen LogP contribution in [0.5, 0.6) is 0 Å². The highest BCUT2D eigenvalue weighted by Gasteiger charge is 2.29. The van der Waals surface area contributed by atoms with Crippen molar-refractivity contribution in [1.29, 1.82) is 0 Å².